The zero-order chi connectivity index (χ0) is 18.4. The quantitative estimate of drug-likeness (QED) is 0.680. The van der Waals surface area contributed by atoms with Crippen LogP contribution < -0.4 is 16.4 Å². The van der Waals surface area contributed by atoms with Crippen LogP contribution in [-0.2, 0) is 14.3 Å². The van der Waals surface area contributed by atoms with Crippen molar-refractivity contribution in [3.8, 4) is 5.69 Å². The molecule has 1 aliphatic rings. The SMILES string of the molecule is Cl.NCC1(C(=O)NCC(=O)Nc2ccc(-n3cccn3)cc2)CCOCC1. The Balaban J connectivity index is 0.00000261. The first kappa shape index (κ1) is 20.9. The maximum absolute atomic E-state index is 12.4. The molecule has 1 fully saturated rings. The molecule has 1 aromatic heterocycles. The second kappa shape index (κ2) is 9.50. The van der Waals surface area contributed by atoms with E-state index in [9.17, 15) is 9.59 Å². The number of carbonyl (C=O) groups excluding carboxylic acids is 2. The highest BCUT2D eigenvalue weighted by atomic mass is 35.5. The minimum absolute atomic E-state index is 0. The van der Waals surface area contributed by atoms with E-state index in [4.69, 9.17) is 10.5 Å². The van der Waals surface area contributed by atoms with Crippen molar-refractivity contribution in [3.05, 3.63) is 42.7 Å². The van der Waals surface area contributed by atoms with Crippen molar-refractivity contribution in [1.29, 1.82) is 0 Å². The number of rotatable bonds is 6. The summed E-state index contributed by atoms with van der Waals surface area (Å²) in [5.74, 6) is -0.475. The average molecular weight is 394 g/mol. The summed E-state index contributed by atoms with van der Waals surface area (Å²) in [4.78, 5) is 24.6. The second-order valence-corrected chi connectivity index (χ2v) is 6.33. The lowest BCUT2D eigenvalue weighted by Crippen LogP contribution is -2.50. The molecule has 0 unspecified atom stereocenters. The molecular formula is C18H24ClN5O3. The van der Waals surface area contributed by atoms with Crippen molar-refractivity contribution >= 4 is 29.9 Å². The molecule has 146 valence electrons. The van der Waals surface area contributed by atoms with Gasteiger partial charge in [-0.2, -0.15) is 5.10 Å². The zero-order valence-corrected chi connectivity index (χ0v) is 15.7. The second-order valence-electron chi connectivity index (χ2n) is 6.33. The highest BCUT2D eigenvalue weighted by molar-refractivity contribution is 5.95. The Morgan fingerprint density at radius 3 is 2.52 bits per heavy atom. The van der Waals surface area contributed by atoms with Crippen LogP contribution in [-0.4, -0.2) is 47.9 Å². The van der Waals surface area contributed by atoms with Crippen LogP contribution in [0.4, 0.5) is 5.69 Å². The molecule has 2 aromatic rings. The number of benzene rings is 1. The Kier molecular flexibility index (Phi) is 7.35. The Morgan fingerprint density at radius 1 is 1.22 bits per heavy atom. The first-order valence-corrected chi connectivity index (χ1v) is 8.59. The standard InChI is InChI=1S/C18H23N5O3.ClH/c19-13-18(6-10-26-11-7-18)17(25)20-12-16(24)22-14-2-4-15(5-3-14)23-9-1-8-21-23;/h1-5,8-9H,6-7,10-13,19H2,(H,20,25)(H,22,24);1H. The number of carbonyl (C=O) groups is 2. The summed E-state index contributed by atoms with van der Waals surface area (Å²) in [6.45, 7) is 1.18. The summed E-state index contributed by atoms with van der Waals surface area (Å²) in [5.41, 5.74) is 6.71. The van der Waals surface area contributed by atoms with Crippen LogP contribution in [0.3, 0.4) is 0 Å². The maximum Gasteiger partial charge on any atom is 0.243 e. The summed E-state index contributed by atoms with van der Waals surface area (Å²) < 4.78 is 7.02. The van der Waals surface area contributed by atoms with Gasteiger partial charge >= 0.3 is 0 Å². The van der Waals surface area contributed by atoms with E-state index in [1.807, 2.05) is 24.4 Å². The first-order chi connectivity index (χ1) is 12.6. The van der Waals surface area contributed by atoms with Crippen LogP contribution >= 0.6 is 12.4 Å². The van der Waals surface area contributed by atoms with Gasteiger partial charge < -0.3 is 21.1 Å². The molecule has 0 spiro atoms. The molecule has 0 bridgehead atoms. The molecule has 0 atom stereocenters. The smallest absolute Gasteiger partial charge is 0.243 e. The average Bonchev–Trinajstić information content (AvgIpc) is 3.22. The lowest BCUT2D eigenvalue weighted by Gasteiger charge is -2.34. The van der Waals surface area contributed by atoms with E-state index in [-0.39, 0.29) is 37.3 Å². The molecule has 9 heteroatoms. The Morgan fingerprint density at radius 2 is 1.93 bits per heavy atom. The number of amides is 2. The lowest BCUT2D eigenvalue weighted by molar-refractivity contribution is -0.137. The van der Waals surface area contributed by atoms with Gasteiger partial charge in [0.2, 0.25) is 11.8 Å². The number of hydrogen-bond acceptors (Lipinski definition) is 5. The van der Waals surface area contributed by atoms with Crippen LogP contribution in [0.1, 0.15) is 12.8 Å². The number of hydrogen-bond donors (Lipinski definition) is 3. The predicted molar refractivity (Wildman–Crippen MR) is 104 cm³/mol. The Bertz CT molecular complexity index is 743. The highest BCUT2D eigenvalue weighted by Crippen LogP contribution is 2.29. The zero-order valence-electron chi connectivity index (χ0n) is 14.9. The molecule has 27 heavy (non-hydrogen) atoms. The third-order valence-electron chi connectivity index (χ3n) is 4.65. The topological polar surface area (TPSA) is 111 Å². The fourth-order valence-electron chi connectivity index (χ4n) is 2.96. The van der Waals surface area contributed by atoms with E-state index in [2.05, 4.69) is 15.7 Å². The number of nitrogens with one attached hydrogen (secondary N) is 2. The third-order valence-corrected chi connectivity index (χ3v) is 4.65. The number of ether oxygens (including phenoxy) is 1. The van der Waals surface area contributed by atoms with Gasteiger partial charge in [-0.05, 0) is 43.2 Å². The summed E-state index contributed by atoms with van der Waals surface area (Å²) in [5, 5.41) is 9.61. The molecule has 3 rings (SSSR count). The van der Waals surface area contributed by atoms with Crippen molar-refractivity contribution in [2.75, 3.05) is 31.6 Å². The monoisotopic (exact) mass is 393 g/mol. The molecule has 1 saturated heterocycles. The third kappa shape index (κ3) is 5.06. The van der Waals surface area contributed by atoms with Gasteiger partial charge in [-0.3, -0.25) is 9.59 Å². The van der Waals surface area contributed by atoms with Crippen molar-refractivity contribution in [3.63, 3.8) is 0 Å². The van der Waals surface area contributed by atoms with Crippen molar-refractivity contribution < 1.29 is 14.3 Å². The molecule has 0 aliphatic carbocycles. The minimum Gasteiger partial charge on any atom is -0.381 e. The molecule has 0 saturated carbocycles. The predicted octanol–water partition coefficient (Wildman–Crippen LogP) is 1.10. The number of nitrogens with zero attached hydrogens (tertiary/aromatic N) is 2. The maximum atomic E-state index is 12.4. The van der Waals surface area contributed by atoms with Crippen molar-refractivity contribution in [2.24, 2.45) is 11.1 Å². The lowest BCUT2D eigenvalue weighted by atomic mass is 9.79. The van der Waals surface area contributed by atoms with Crippen LogP contribution in [0.25, 0.3) is 5.69 Å². The number of halogens is 1. The molecule has 2 amide bonds. The fourth-order valence-corrected chi connectivity index (χ4v) is 2.96. The summed E-state index contributed by atoms with van der Waals surface area (Å²) in [6.07, 6.45) is 4.69. The molecule has 0 radical (unpaired) electrons. The molecular weight excluding hydrogens is 370 g/mol. The summed E-state index contributed by atoms with van der Waals surface area (Å²) >= 11 is 0. The molecule has 1 aromatic carbocycles. The van der Waals surface area contributed by atoms with Crippen molar-refractivity contribution in [2.45, 2.75) is 12.8 Å². The van der Waals surface area contributed by atoms with Gasteiger partial charge in [0.1, 0.15) is 0 Å². The summed E-state index contributed by atoms with van der Waals surface area (Å²) in [7, 11) is 0. The van der Waals surface area contributed by atoms with Gasteiger partial charge in [0.05, 0.1) is 17.6 Å². The van der Waals surface area contributed by atoms with Gasteiger partial charge in [-0.15, -0.1) is 12.4 Å². The van der Waals surface area contributed by atoms with Gasteiger partial charge in [-0.1, -0.05) is 0 Å². The van der Waals surface area contributed by atoms with E-state index in [0.29, 0.717) is 31.7 Å². The van der Waals surface area contributed by atoms with Crippen LogP contribution in [0.5, 0.6) is 0 Å². The largest absolute Gasteiger partial charge is 0.381 e. The van der Waals surface area contributed by atoms with E-state index < -0.39 is 5.41 Å². The number of anilines is 1. The van der Waals surface area contributed by atoms with E-state index in [0.717, 1.165) is 5.69 Å². The molecule has 8 nitrogen and oxygen atoms in total. The van der Waals surface area contributed by atoms with Gasteiger partial charge in [0.15, 0.2) is 0 Å². The number of nitrogens with two attached hydrogens (primary N) is 1. The normalized spacial score (nSPS) is 15.4. The minimum atomic E-state index is -0.635. The van der Waals surface area contributed by atoms with Gasteiger partial charge in [0.25, 0.3) is 0 Å². The highest BCUT2D eigenvalue weighted by Gasteiger charge is 2.38. The van der Waals surface area contributed by atoms with E-state index >= 15 is 0 Å². The first-order valence-electron chi connectivity index (χ1n) is 8.59. The van der Waals surface area contributed by atoms with E-state index in [1.165, 1.54) is 0 Å². The van der Waals surface area contributed by atoms with E-state index in [1.54, 1.807) is 23.0 Å². The molecule has 1 aliphatic heterocycles. The Labute approximate surface area is 163 Å². The van der Waals surface area contributed by atoms with Gasteiger partial charge in [-0.25, -0.2) is 4.68 Å². The van der Waals surface area contributed by atoms with Gasteiger partial charge in [0, 0.05) is 37.8 Å². The van der Waals surface area contributed by atoms with Crippen LogP contribution in [0.2, 0.25) is 0 Å². The molecule has 4 N–H and O–H groups in total. The van der Waals surface area contributed by atoms with Crippen LogP contribution in [0.15, 0.2) is 42.7 Å². The number of aromatic nitrogens is 2. The molecule has 2 heterocycles. The fraction of sp³-hybridized carbons (Fsp3) is 0.389. The van der Waals surface area contributed by atoms with Crippen molar-refractivity contribution in [1.82, 2.24) is 15.1 Å². The van der Waals surface area contributed by atoms with Crippen LogP contribution in [0, 0.1) is 5.41 Å². The Hall–Kier alpha value is -2.42. The summed E-state index contributed by atoms with van der Waals surface area (Å²) in [6, 6.07) is 9.12.